The third kappa shape index (κ3) is 10.8. The fourth-order valence-electron chi connectivity index (χ4n) is 18.2. The molecule has 0 saturated carbocycles. The molecule has 26 aromatic rings. The fourth-order valence-corrected chi connectivity index (χ4v) is 21.4. The Morgan fingerprint density at radius 2 is 0.422 bits per heavy atom. The van der Waals surface area contributed by atoms with Crippen LogP contribution >= 0.6 is 34.0 Å². The van der Waals surface area contributed by atoms with Gasteiger partial charge in [-0.2, -0.15) is 0 Å². The summed E-state index contributed by atoms with van der Waals surface area (Å²) in [4.78, 5) is 0. The molecule has 0 fully saturated rings. The highest BCUT2D eigenvalue weighted by Gasteiger charge is 2.21. The van der Waals surface area contributed by atoms with E-state index in [-0.39, 0.29) is 0 Å². The van der Waals surface area contributed by atoms with Crippen molar-refractivity contribution in [2.24, 2.45) is 0 Å². The number of rotatable bonds is 7. The molecule has 0 bridgehead atoms. The Morgan fingerprint density at radius 1 is 0.147 bits per heavy atom. The standard InChI is InChI=1S/C36H21NOS.C36H23NO.C36H21NS2/c1-4-10-31-25(7-1)28-19-22(23-14-18-36-30(20-23)27-9-3-6-12-35(27)39-36)13-16-32(28)37(31)24-15-17-34-29(21-24)26-8-2-5-11-33(26)38-34;1-2-9-24(10-3-1)25-11-8-12-28(21-25)37-33-15-6-4-13-29(33)31-22-26(17-19-34(31)37)27-18-20-36-32(23-27)30-14-5-7-16-35(30)38-36;1-4-10-31-25(7-1)28-19-22(23-14-17-35-29(20-23)26-8-2-5-11-33(26)38-35)13-16-32(28)37(31)24-15-18-36-30(21-24)27-9-3-6-12-34(27)39-36/h1-21H;1-23H;1-21H. The van der Waals surface area contributed by atoms with E-state index in [1.165, 1.54) is 176 Å². The summed E-state index contributed by atoms with van der Waals surface area (Å²) in [6.45, 7) is 0. The van der Waals surface area contributed by atoms with Crippen LogP contribution in [0.15, 0.2) is 403 Å². The molecule has 8 aromatic heterocycles. The van der Waals surface area contributed by atoms with Crippen molar-refractivity contribution in [3.05, 3.63) is 394 Å². The lowest BCUT2D eigenvalue weighted by molar-refractivity contribution is 0.668. The van der Waals surface area contributed by atoms with Gasteiger partial charge in [-0.05, 0) is 214 Å². The number of benzene rings is 18. The third-order valence-corrected chi connectivity index (χ3v) is 27.1. The number of para-hydroxylation sites is 5. The van der Waals surface area contributed by atoms with Crippen LogP contribution in [0.4, 0.5) is 0 Å². The minimum atomic E-state index is 0.916. The first kappa shape index (κ1) is 66.2. The summed E-state index contributed by atoms with van der Waals surface area (Å²) >= 11 is 5.60. The van der Waals surface area contributed by atoms with Gasteiger partial charge in [-0.15, -0.1) is 34.0 Å². The number of aromatic nitrogens is 3. The van der Waals surface area contributed by atoms with Crippen molar-refractivity contribution in [1.82, 2.24) is 13.7 Å². The third-order valence-electron chi connectivity index (χ3n) is 23.6. The maximum absolute atomic E-state index is 6.11. The van der Waals surface area contributed by atoms with Gasteiger partial charge in [0.2, 0.25) is 0 Å². The summed E-state index contributed by atoms with van der Waals surface area (Å²) in [7, 11) is 0. The molecule has 0 aliphatic rings. The summed E-state index contributed by atoms with van der Waals surface area (Å²) < 4.78 is 27.4. The molecule has 0 saturated heterocycles. The summed E-state index contributed by atoms with van der Waals surface area (Å²) in [5.41, 5.74) is 24.3. The predicted molar refractivity (Wildman–Crippen MR) is 497 cm³/mol. The van der Waals surface area contributed by atoms with E-state index in [2.05, 4.69) is 384 Å². The van der Waals surface area contributed by atoms with Crippen molar-refractivity contribution in [2.45, 2.75) is 0 Å². The topological polar surface area (TPSA) is 41.1 Å². The number of nitrogens with zero attached hydrogens (tertiary/aromatic N) is 3. The van der Waals surface area contributed by atoms with E-state index in [0.29, 0.717) is 0 Å². The van der Waals surface area contributed by atoms with Gasteiger partial charge in [-0.1, -0.05) is 224 Å². The van der Waals surface area contributed by atoms with Crippen molar-refractivity contribution in [3.8, 4) is 61.6 Å². The maximum atomic E-state index is 6.11. The van der Waals surface area contributed by atoms with E-state index in [0.717, 1.165) is 55.3 Å². The molecular formula is C108H65N3O2S3. The van der Waals surface area contributed by atoms with E-state index >= 15 is 0 Å². The average molecular weight is 1530 g/mol. The number of hydrogen-bond acceptors (Lipinski definition) is 5. The summed E-state index contributed by atoms with van der Waals surface area (Å²) in [5, 5.41) is 20.2. The minimum Gasteiger partial charge on any atom is -0.456 e. The zero-order valence-corrected chi connectivity index (χ0v) is 64.9. The smallest absolute Gasteiger partial charge is 0.135 e. The van der Waals surface area contributed by atoms with Crippen LogP contribution in [-0.4, -0.2) is 13.7 Å². The number of furan rings is 2. The monoisotopic (exact) mass is 1530 g/mol. The molecule has 8 heteroatoms. The molecule has 0 N–H and O–H groups in total. The SMILES string of the molecule is c1ccc(-c2cccc(-n3c4ccccc4c4cc(-c5ccc6oc7ccccc7c6c5)ccc43)c2)cc1.c1ccc2c(c1)oc1ccc(-n3c4ccccc4c4cc(-c5ccc6sc7ccccc7c6c5)ccc43)cc12.c1ccc2c(c1)sc1ccc(-c3ccc4c(c3)c3ccccc3n4-c3ccc4sc5ccccc5c4c3)cc12. The first-order valence-electron chi connectivity index (χ1n) is 39.3. The van der Waals surface area contributed by atoms with Gasteiger partial charge in [0.05, 0.1) is 33.1 Å². The Balaban J connectivity index is 0.0000001000. The van der Waals surface area contributed by atoms with Crippen LogP contribution in [0.3, 0.4) is 0 Å². The van der Waals surface area contributed by atoms with Crippen molar-refractivity contribution < 1.29 is 8.83 Å². The van der Waals surface area contributed by atoms with E-state index in [9.17, 15) is 0 Å². The fraction of sp³-hybridized carbons (Fsp3) is 0. The molecule has 5 nitrogen and oxygen atoms in total. The van der Waals surface area contributed by atoms with Crippen LogP contribution in [-0.2, 0) is 0 Å². The molecule has 0 unspecified atom stereocenters. The number of thiophene rings is 3. The second-order valence-electron chi connectivity index (χ2n) is 30.2. The molecular weight excluding hydrogens is 1470 g/mol. The van der Waals surface area contributed by atoms with Gasteiger partial charge in [-0.3, -0.25) is 0 Å². The van der Waals surface area contributed by atoms with Crippen molar-refractivity contribution in [1.29, 1.82) is 0 Å². The van der Waals surface area contributed by atoms with Crippen molar-refractivity contribution >= 4 is 204 Å². The molecule has 0 radical (unpaired) electrons. The minimum absolute atomic E-state index is 0.916. The second-order valence-corrected chi connectivity index (χ2v) is 33.4. The van der Waals surface area contributed by atoms with Gasteiger partial charge < -0.3 is 22.5 Å². The van der Waals surface area contributed by atoms with E-state index in [1.54, 1.807) is 0 Å². The lowest BCUT2D eigenvalue weighted by Crippen LogP contribution is -1.94. The van der Waals surface area contributed by atoms with Crippen molar-refractivity contribution in [3.63, 3.8) is 0 Å². The van der Waals surface area contributed by atoms with Crippen molar-refractivity contribution in [2.75, 3.05) is 0 Å². The zero-order chi connectivity index (χ0) is 76.1. The lowest BCUT2D eigenvalue weighted by atomic mass is 10.0. The van der Waals surface area contributed by atoms with E-state index < -0.39 is 0 Å². The Kier molecular flexibility index (Phi) is 15.2. The first-order chi connectivity index (χ1) is 57.5. The van der Waals surface area contributed by atoms with E-state index in [4.69, 9.17) is 8.83 Å². The molecule has 18 aromatic carbocycles. The molecule has 26 rings (SSSR count). The highest BCUT2D eigenvalue weighted by molar-refractivity contribution is 7.26. The summed E-state index contributed by atoms with van der Waals surface area (Å²) in [6, 6.07) is 143. The highest BCUT2D eigenvalue weighted by atomic mass is 32.1. The zero-order valence-electron chi connectivity index (χ0n) is 62.4. The van der Waals surface area contributed by atoms with Crippen LogP contribution in [0.2, 0.25) is 0 Å². The molecule has 116 heavy (non-hydrogen) atoms. The second kappa shape index (κ2) is 26.6. The van der Waals surface area contributed by atoms with Crippen LogP contribution in [0, 0.1) is 0 Å². The molecule has 0 spiro atoms. The number of fused-ring (bicyclic) bond motifs is 24. The molecule has 8 heterocycles. The van der Waals surface area contributed by atoms with E-state index in [1.807, 2.05) is 58.3 Å². The van der Waals surface area contributed by atoms with Gasteiger partial charge in [0.1, 0.15) is 22.3 Å². The van der Waals surface area contributed by atoms with Gasteiger partial charge in [0, 0.05) is 131 Å². The predicted octanol–water partition coefficient (Wildman–Crippen LogP) is 31.9. The van der Waals surface area contributed by atoms with Crippen LogP contribution in [0.5, 0.6) is 0 Å². The van der Waals surface area contributed by atoms with Gasteiger partial charge in [0.15, 0.2) is 0 Å². The normalized spacial score (nSPS) is 12.0. The molecule has 0 aliphatic carbocycles. The first-order valence-corrected chi connectivity index (χ1v) is 41.8. The van der Waals surface area contributed by atoms with Gasteiger partial charge in [0.25, 0.3) is 0 Å². The molecule has 542 valence electrons. The van der Waals surface area contributed by atoms with Gasteiger partial charge >= 0.3 is 0 Å². The molecule has 0 amide bonds. The van der Waals surface area contributed by atoms with Gasteiger partial charge in [-0.25, -0.2) is 0 Å². The Bertz CT molecular complexity index is 8160. The maximum Gasteiger partial charge on any atom is 0.135 e. The largest absolute Gasteiger partial charge is 0.456 e. The Morgan fingerprint density at radius 3 is 0.888 bits per heavy atom. The summed E-state index contributed by atoms with van der Waals surface area (Å²) in [6.07, 6.45) is 0. The van der Waals surface area contributed by atoms with Crippen LogP contribution < -0.4 is 0 Å². The molecule has 0 aliphatic heterocycles. The highest BCUT2D eigenvalue weighted by Crippen LogP contribution is 2.46. The van der Waals surface area contributed by atoms with Crippen LogP contribution in [0.1, 0.15) is 0 Å². The molecule has 0 atom stereocenters. The summed E-state index contributed by atoms with van der Waals surface area (Å²) in [5.74, 6) is 0. The average Bonchev–Trinajstić information content (AvgIpc) is 1.59. The van der Waals surface area contributed by atoms with Crippen LogP contribution in [0.25, 0.3) is 231 Å². The lowest BCUT2D eigenvalue weighted by Gasteiger charge is -2.11. The Hall–Kier alpha value is -14.4. The quantitative estimate of drug-likeness (QED) is 0.160. The number of hydrogen-bond donors (Lipinski definition) is 0. The Labute approximate surface area is 677 Å².